The van der Waals surface area contributed by atoms with Crippen molar-refractivity contribution in [2.75, 3.05) is 0 Å². The van der Waals surface area contributed by atoms with Crippen LogP contribution in [0.5, 0.6) is 0 Å². The van der Waals surface area contributed by atoms with Crippen LogP contribution in [0.4, 0.5) is 0 Å². The van der Waals surface area contributed by atoms with Crippen LogP contribution in [0.15, 0.2) is 30.3 Å². The molecule has 0 saturated heterocycles. The first-order valence-corrected chi connectivity index (χ1v) is 9.60. The lowest BCUT2D eigenvalue weighted by atomic mass is 10.2. The van der Waals surface area contributed by atoms with E-state index in [-0.39, 0.29) is 11.9 Å². The molecule has 4 nitrogen and oxygen atoms in total. The second-order valence-electron chi connectivity index (χ2n) is 6.18. The van der Waals surface area contributed by atoms with Crippen LogP contribution < -0.4 is 5.32 Å². The van der Waals surface area contributed by atoms with Gasteiger partial charge in [0.2, 0.25) is 0 Å². The summed E-state index contributed by atoms with van der Waals surface area (Å²) in [5.74, 6) is -0.795. The van der Waals surface area contributed by atoms with Gasteiger partial charge in [-0.2, -0.15) is 0 Å². The number of thiophene rings is 1. The molecular weight excluding hydrogens is 358 g/mol. The van der Waals surface area contributed by atoms with Crippen LogP contribution in [0.1, 0.15) is 37.5 Å². The van der Waals surface area contributed by atoms with E-state index in [1.165, 1.54) is 17.4 Å². The van der Waals surface area contributed by atoms with E-state index < -0.39 is 12.1 Å². The van der Waals surface area contributed by atoms with Crippen molar-refractivity contribution in [3.63, 3.8) is 0 Å². The van der Waals surface area contributed by atoms with Gasteiger partial charge in [-0.05, 0) is 31.9 Å². The van der Waals surface area contributed by atoms with Gasteiger partial charge >= 0.3 is 5.97 Å². The fourth-order valence-corrected chi connectivity index (χ4v) is 4.34. The molecule has 1 heterocycles. The number of fused-ring (bicyclic) bond motifs is 1. The molecule has 1 unspecified atom stereocenters. The number of benzene rings is 1. The van der Waals surface area contributed by atoms with Gasteiger partial charge < -0.3 is 10.1 Å². The summed E-state index contributed by atoms with van der Waals surface area (Å²) in [7, 11) is 0. The zero-order valence-electron chi connectivity index (χ0n) is 14.0. The molecule has 0 bridgehead atoms. The minimum atomic E-state index is -0.810. The molecular formula is C19H20ClNO3S. The molecule has 1 fully saturated rings. The molecule has 0 spiro atoms. The number of carbonyl (C=O) groups is 2. The largest absolute Gasteiger partial charge is 0.449 e. The van der Waals surface area contributed by atoms with E-state index in [1.54, 1.807) is 13.0 Å². The first-order valence-electron chi connectivity index (χ1n) is 8.40. The van der Waals surface area contributed by atoms with E-state index in [0.29, 0.717) is 5.02 Å². The zero-order chi connectivity index (χ0) is 17.8. The highest BCUT2D eigenvalue weighted by molar-refractivity contribution is 7.20. The molecule has 6 heteroatoms. The molecule has 1 atom stereocenters. The summed E-state index contributed by atoms with van der Waals surface area (Å²) in [4.78, 5) is 24.8. The number of hydrogen-bond acceptors (Lipinski definition) is 4. The lowest BCUT2D eigenvalue weighted by Gasteiger charge is -2.16. The third-order valence-electron chi connectivity index (χ3n) is 4.29. The summed E-state index contributed by atoms with van der Waals surface area (Å²) in [5.41, 5.74) is 0. The Bertz CT molecular complexity index is 808. The second-order valence-corrected chi connectivity index (χ2v) is 7.64. The molecule has 1 aliphatic rings. The maximum atomic E-state index is 12.0. The second kappa shape index (κ2) is 8.02. The van der Waals surface area contributed by atoms with Crippen molar-refractivity contribution < 1.29 is 14.3 Å². The molecule has 1 aromatic heterocycles. The fraction of sp³-hybridized carbons (Fsp3) is 0.368. The van der Waals surface area contributed by atoms with E-state index in [1.807, 2.05) is 24.3 Å². The van der Waals surface area contributed by atoms with E-state index in [4.69, 9.17) is 16.3 Å². The Kier molecular flexibility index (Phi) is 5.76. The monoisotopic (exact) mass is 377 g/mol. The summed E-state index contributed by atoms with van der Waals surface area (Å²) < 4.78 is 6.24. The predicted molar refractivity (Wildman–Crippen MR) is 102 cm³/mol. The van der Waals surface area contributed by atoms with Crippen molar-refractivity contribution in [2.45, 2.75) is 44.8 Å². The van der Waals surface area contributed by atoms with Crippen molar-refractivity contribution >= 4 is 51.0 Å². The number of hydrogen-bond donors (Lipinski definition) is 1. The van der Waals surface area contributed by atoms with Gasteiger partial charge in [-0.3, -0.25) is 4.79 Å². The highest BCUT2D eigenvalue weighted by Crippen LogP contribution is 2.35. The average molecular weight is 378 g/mol. The Morgan fingerprint density at radius 2 is 2.04 bits per heavy atom. The zero-order valence-corrected chi connectivity index (χ0v) is 15.5. The standard InChI is InChI=1S/C19H20ClNO3S/c1-12(19(23)21-13-6-2-3-7-13)24-17(22)11-10-16-18(20)14-8-4-5-9-15(14)25-16/h4-5,8-13H,2-3,6-7H2,1H3,(H,21,23)/b11-10+. The SMILES string of the molecule is CC(OC(=O)/C=C/c1sc2ccccc2c1Cl)C(=O)NC1CCCC1. The molecule has 0 radical (unpaired) electrons. The van der Waals surface area contributed by atoms with Crippen molar-refractivity contribution in [1.82, 2.24) is 5.32 Å². The fourth-order valence-electron chi connectivity index (χ4n) is 2.94. The summed E-state index contributed by atoms with van der Waals surface area (Å²) >= 11 is 7.84. The van der Waals surface area contributed by atoms with Crippen LogP contribution in [0.2, 0.25) is 5.02 Å². The van der Waals surface area contributed by atoms with Crippen LogP contribution in [0.3, 0.4) is 0 Å². The minimum absolute atomic E-state index is 0.210. The molecule has 1 amide bonds. The lowest BCUT2D eigenvalue weighted by Crippen LogP contribution is -2.40. The Morgan fingerprint density at radius 1 is 1.32 bits per heavy atom. The Labute approximate surface area is 155 Å². The number of rotatable bonds is 5. The minimum Gasteiger partial charge on any atom is -0.449 e. The van der Waals surface area contributed by atoms with E-state index in [2.05, 4.69) is 5.32 Å². The normalized spacial score (nSPS) is 16.4. The summed E-state index contributed by atoms with van der Waals surface area (Å²) in [5, 5.41) is 4.51. The first kappa shape index (κ1) is 18.0. The van der Waals surface area contributed by atoms with Gasteiger partial charge in [0.05, 0.1) is 5.02 Å². The average Bonchev–Trinajstić information content (AvgIpc) is 3.21. The van der Waals surface area contributed by atoms with Crippen LogP contribution in [-0.2, 0) is 14.3 Å². The van der Waals surface area contributed by atoms with Gasteiger partial charge in [0.1, 0.15) is 0 Å². The van der Waals surface area contributed by atoms with Crippen molar-refractivity contribution in [3.8, 4) is 0 Å². The topological polar surface area (TPSA) is 55.4 Å². The molecule has 0 aliphatic heterocycles. The number of amides is 1. The van der Waals surface area contributed by atoms with Gasteiger partial charge in [0.15, 0.2) is 6.10 Å². The van der Waals surface area contributed by atoms with Gasteiger partial charge in [-0.25, -0.2) is 4.79 Å². The predicted octanol–water partition coefficient (Wildman–Crippen LogP) is 4.56. The quantitative estimate of drug-likeness (QED) is 0.614. The summed E-state index contributed by atoms with van der Waals surface area (Å²) in [6, 6.07) is 8.01. The highest BCUT2D eigenvalue weighted by atomic mass is 35.5. The van der Waals surface area contributed by atoms with Gasteiger partial charge in [0, 0.05) is 27.1 Å². The Hall–Kier alpha value is -1.85. The smallest absolute Gasteiger partial charge is 0.331 e. The van der Waals surface area contributed by atoms with E-state index in [0.717, 1.165) is 40.6 Å². The lowest BCUT2D eigenvalue weighted by molar-refractivity contribution is -0.150. The molecule has 1 N–H and O–H groups in total. The van der Waals surface area contributed by atoms with Crippen LogP contribution in [0, 0.1) is 0 Å². The van der Waals surface area contributed by atoms with Crippen LogP contribution in [0.25, 0.3) is 16.2 Å². The maximum absolute atomic E-state index is 12.0. The van der Waals surface area contributed by atoms with Crippen molar-refractivity contribution in [1.29, 1.82) is 0 Å². The van der Waals surface area contributed by atoms with Crippen LogP contribution in [-0.4, -0.2) is 24.0 Å². The highest BCUT2D eigenvalue weighted by Gasteiger charge is 2.22. The number of nitrogens with one attached hydrogen (secondary N) is 1. The van der Waals surface area contributed by atoms with Gasteiger partial charge in [0.25, 0.3) is 5.91 Å². The number of carbonyl (C=O) groups excluding carboxylic acids is 2. The van der Waals surface area contributed by atoms with Gasteiger partial charge in [-0.1, -0.05) is 42.6 Å². The van der Waals surface area contributed by atoms with Crippen molar-refractivity contribution in [3.05, 3.63) is 40.2 Å². The first-order chi connectivity index (χ1) is 12.0. The summed E-state index contributed by atoms with van der Waals surface area (Å²) in [6.45, 7) is 1.59. The molecule has 2 aromatic rings. The summed E-state index contributed by atoms with van der Waals surface area (Å²) in [6.07, 6.45) is 6.41. The number of ether oxygens (including phenoxy) is 1. The van der Waals surface area contributed by atoms with Crippen LogP contribution >= 0.6 is 22.9 Å². The maximum Gasteiger partial charge on any atom is 0.331 e. The molecule has 132 valence electrons. The van der Waals surface area contributed by atoms with E-state index >= 15 is 0 Å². The molecule has 1 aliphatic carbocycles. The molecule has 1 aromatic carbocycles. The Balaban J connectivity index is 1.58. The molecule has 3 rings (SSSR count). The number of halogens is 1. The van der Waals surface area contributed by atoms with Crippen molar-refractivity contribution in [2.24, 2.45) is 0 Å². The number of esters is 1. The third kappa shape index (κ3) is 4.41. The molecule has 25 heavy (non-hydrogen) atoms. The molecule has 1 saturated carbocycles. The third-order valence-corrected chi connectivity index (χ3v) is 5.95. The van der Waals surface area contributed by atoms with E-state index in [9.17, 15) is 9.59 Å². The van der Waals surface area contributed by atoms with Gasteiger partial charge in [-0.15, -0.1) is 11.3 Å². The Morgan fingerprint density at radius 3 is 2.76 bits per heavy atom.